The van der Waals surface area contributed by atoms with Crippen LogP contribution >= 0.6 is 0 Å². The number of methoxy groups -OCH3 is 1. The molecular formula is C30H28N2O4. The van der Waals surface area contributed by atoms with Gasteiger partial charge in [0.25, 0.3) is 0 Å². The molecule has 1 aliphatic carbocycles. The Labute approximate surface area is 210 Å². The highest BCUT2D eigenvalue weighted by atomic mass is 16.5. The molecule has 0 aliphatic heterocycles. The van der Waals surface area contributed by atoms with Gasteiger partial charge in [0.15, 0.2) is 0 Å². The van der Waals surface area contributed by atoms with E-state index < -0.39 is 5.97 Å². The number of pyridine rings is 1. The Morgan fingerprint density at radius 2 is 1.67 bits per heavy atom. The third-order valence-electron chi connectivity index (χ3n) is 6.51. The quantitative estimate of drug-likeness (QED) is 0.343. The lowest BCUT2D eigenvalue weighted by atomic mass is 9.97. The molecule has 1 amide bonds. The largest absolute Gasteiger partial charge is 0.496 e. The van der Waals surface area contributed by atoms with E-state index in [1.807, 2.05) is 65.6 Å². The predicted molar refractivity (Wildman–Crippen MR) is 138 cm³/mol. The van der Waals surface area contributed by atoms with Crippen LogP contribution in [0.4, 0.5) is 0 Å². The van der Waals surface area contributed by atoms with Gasteiger partial charge in [0.2, 0.25) is 5.91 Å². The van der Waals surface area contributed by atoms with E-state index in [4.69, 9.17) is 9.72 Å². The Balaban J connectivity index is 1.62. The molecule has 5 rings (SSSR count). The summed E-state index contributed by atoms with van der Waals surface area (Å²) in [5.41, 5.74) is 4.94. The number of carboxylic acid groups (broad SMARTS) is 1. The van der Waals surface area contributed by atoms with Crippen molar-refractivity contribution < 1.29 is 19.4 Å². The summed E-state index contributed by atoms with van der Waals surface area (Å²) < 4.78 is 5.67. The van der Waals surface area contributed by atoms with Crippen molar-refractivity contribution in [2.75, 3.05) is 7.11 Å². The standard InChI is InChI=1S/C30H28N2O4/c1-36-28-14-11-21(16-29(33)34)15-25(28)24-17-23-9-5-6-10-26(23)31-27(24)19-32(30(35)22-12-13-22)18-20-7-3-2-4-8-20/h2-11,14-15,17,22H,12-13,16,18-19H2,1H3,(H,33,34). The number of para-hydroxylation sites is 1. The highest BCUT2D eigenvalue weighted by Crippen LogP contribution is 2.37. The third-order valence-corrected chi connectivity index (χ3v) is 6.51. The van der Waals surface area contributed by atoms with E-state index in [1.54, 1.807) is 19.2 Å². The average Bonchev–Trinajstić information content (AvgIpc) is 3.73. The molecule has 3 aromatic carbocycles. The Kier molecular flexibility index (Phi) is 6.67. The summed E-state index contributed by atoms with van der Waals surface area (Å²) >= 11 is 0. The summed E-state index contributed by atoms with van der Waals surface area (Å²) in [5, 5.41) is 10.3. The van der Waals surface area contributed by atoms with Gasteiger partial charge >= 0.3 is 5.97 Å². The van der Waals surface area contributed by atoms with Crippen LogP contribution in [-0.2, 0) is 29.1 Å². The lowest BCUT2D eigenvalue weighted by molar-refractivity contribution is -0.136. The summed E-state index contributed by atoms with van der Waals surface area (Å²) in [6.45, 7) is 0.844. The summed E-state index contributed by atoms with van der Waals surface area (Å²) in [4.78, 5) is 31.6. The second-order valence-electron chi connectivity index (χ2n) is 9.23. The summed E-state index contributed by atoms with van der Waals surface area (Å²) in [6.07, 6.45) is 1.76. The Morgan fingerprint density at radius 1 is 0.917 bits per heavy atom. The third kappa shape index (κ3) is 5.23. The lowest BCUT2D eigenvalue weighted by Crippen LogP contribution is -2.32. The second kappa shape index (κ2) is 10.2. The fourth-order valence-corrected chi connectivity index (χ4v) is 4.54. The molecule has 6 nitrogen and oxygen atoms in total. The van der Waals surface area contributed by atoms with Crippen LogP contribution in [0.15, 0.2) is 78.9 Å². The highest BCUT2D eigenvalue weighted by Gasteiger charge is 2.34. The minimum Gasteiger partial charge on any atom is -0.496 e. The molecule has 0 radical (unpaired) electrons. The van der Waals surface area contributed by atoms with Gasteiger partial charge in [-0.3, -0.25) is 14.6 Å². The summed E-state index contributed by atoms with van der Waals surface area (Å²) in [7, 11) is 1.60. The highest BCUT2D eigenvalue weighted by molar-refractivity contribution is 5.87. The molecule has 1 N–H and O–H groups in total. The van der Waals surface area contributed by atoms with Crippen LogP contribution < -0.4 is 4.74 Å². The summed E-state index contributed by atoms with van der Waals surface area (Å²) in [5.74, 6) is -0.0463. The maximum atomic E-state index is 13.3. The molecular weight excluding hydrogens is 452 g/mol. The molecule has 1 aromatic heterocycles. The molecule has 182 valence electrons. The number of aliphatic carboxylic acids is 1. The number of aromatic nitrogens is 1. The van der Waals surface area contributed by atoms with Crippen molar-refractivity contribution in [1.29, 1.82) is 0 Å². The number of amides is 1. The van der Waals surface area contributed by atoms with Gasteiger partial charge in [-0.15, -0.1) is 0 Å². The molecule has 0 saturated heterocycles. The number of hydrogen-bond acceptors (Lipinski definition) is 4. The van der Waals surface area contributed by atoms with Gasteiger partial charge in [0, 0.05) is 29.0 Å². The van der Waals surface area contributed by atoms with E-state index >= 15 is 0 Å². The molecule has 4 aromatic rings. The minimum absolute atomic E-state index is 0.0750. The number of hydrogen-bond donors (Lipinski definition) is 1. The Bertz CT molecular complexity index is 1410. The monoisotopic (exact) mass is 480 g/mol. The first-order chi connectivity index (χ1) is 17.5. The predicted octanol–water partition coefficient (Wildman–Crippen LogP) is 5.48. The Hall–Kier alpha value is -4.19. The van der Waals surface area contributed by atoms with Crippen LogP contribution in [0.5, 0.6) is 5.75 Å². The fraction of sp³-hybridized carbons (Fsp3) is 0.233. The number of carbonyl (C=O) groups excluding carboxylic acids is 1. The smallest absolute Gasteiger partial charge is 0.307 e. The number of ether oxygens (including phenoxy) is 1. The number of rotatable bonds is 9. The molecule has 0 bridgehead atoms. The van der Waals surface area contributed by atoms with Crippen LogP contribution in [0.3, 0.4) is 0 Å². The van der Waals surface area contributed by atoms with Gasteiger partial charge in [-0.25, -0.2) is 0 Å². The van der Waals surface area contributed by atoms with Crippen molar-refractivity contribution in [2.24, 2.45) is 5.92 Å². The first kappa shape index (κ1) is 23.5. The first-order valence-electron chi connectivity index (χ1n) is 12.1. The van der Waals surface area contributed by atoms with Crippen molar-refractivity contribution in [3.63, 3.8) is 0 Å². The van der Waals surface area contributed by atoms with Crippen molar-refractivity contribution in [3.8, 4) is 16.9 Å². The normalized spacial score (nSPS) is 12.9. The number of fused-ring (bicyclic) bond motifs is 1. The zero-order chi connectivity index (χ0) is 25.1. The van der Waals surface area contributed by atoms with Gasteiger partial charge in [0.05, 0.1) is 31.3 Å². The topological polar surface area (TPSA) is 79.7 Å². The van der Waals surface area contributed by atoms with Gasteiger partial charge in [0.1, 0.15) is 5.75 Å². The Morgan fingerprint density at radius 3 is 2.39 bits per heavy atom. The van der Waals surface area contributed by atoms with E-state index in [-0.39, 0.29) is 18.2 Å². The van der Waals surface area contributed by atoms with Crippen molar-refractivity contribution in [3.05, 3.63) is 95.7 Å². The molecule has 6 heteroatoms. The molecule has 1 fully saturated rings. The van der Waals surface area contributed by atoms with Crippen LogP contribution in [0.25, 0.3) is 22.0 Å². The molecule has 1 aliphatic rings. The molecule has 0 unspecified atom stereocenters. The number of nitrogens with zero attached hydrogens (tertiary/aromatic N) is 2. The fourth-order valence-electron chi connectivity index (χ4n) is 4.54. The maximum absolute atomic E-state index is 13.3. The van der Waals surface area contributed by atoms with Crippen LogP contribution in [-0.4, -0.2) is 34.0 Å². The molecule has 0 spiro atoms. The van der Waals surface area contributed by atoms with Gasteiger partial charge in [-0.2, -0.15) is 0 Å². The van der Waals surface area contributed by atoms with E-state index in [0.29, 0.717) is 24.4 Å². The van der Waals surface area contributed by atoms with E-state index in [0.717, 1.165) is 46.1 Å². The summed E-state index contributed by atoms with van der Waals surface area (Å²) in [6, 6.07) is 25.3. The van der Waals surface area contributed by atoms with Crippen LogP contribution in [0.1, 0.15) is 29.7 Å². The van der Waals surface area contributed by atoms with E-state index in [9.17, 15) is 14.7 Å². The van der Waals surface area contributed by atoms with Crippen LogP contribution in [0, 0.1) is 5.92 Å². The number of benzene rings is 3. The van der Waals surface area contributed by atoms with E-state index in [1.165, 1.54) is 0 Å². The SMILES string of the molecule is COc1ccc(CC(=O)O)cc1-c1cc2ccccc2nc1CN(Cc1ccccc1)C(=O)C1CC1. The number of carbonyl (C=O) groups is 2. The second-order valence-corrected chi connectivity index (χ2v) is 9.23. The van der Waals surface area contributed by atoms with Gasteiger partial charge in [-0.05, 0) is 48.2 Å². The van der Waals surface area contributed by atoms with Crippen molar-refractivity contribution >= 4 is 22.8 Å². The molecule has 1 heterocycles. The van der Waals surface area contributed by atoms with Gasteiger partial charge in [-0.1, -0.05) is 54.6 Å². The number of carboxylic acids is 1. The first-order valence-corrected chi connectivity index (χ1v) is 12.1. The zero-order valence-electron chi connectivity index (χ0n) is 20.2. The van der Waals surface area contributed by atoms with Gasteiger partial charge < -0.3 is 14.7 Å². The molecule has 0 atom stereocenters. The molecule has 1 saturated carbocycles. The lowest BCUT2D eigenvalue weighted by Gasteiger charge is -2.25. The van der Waals surface area contributed by atoms with E-state index in [2.05, 4.69) is 6.07 Å². The van der Waals surface area contributed by atoms with Crippen molar-refractivity contribution in [2.45, 2.75) is 32.4 Å². The van der Waals surface area contributed by atoms with Crippen molar-refractivity contribution in [1.82, 2.24) is 9.88 Å². The zero-order valence-corrected chi connectivity index (χ0v) is 20.2. The average molecular weight is 481 g/mol. The maximum Gasteiger partial charge on any atom is 0.307 e. The molecule has 36 heavy (non-hydrogen) atoms. The minimum atomic E-state index is -0.896. The van der Waals surface area contributed by atoms with Crippen LogP contribution in [0.2, 0.25) is 0 Å².